The van der Waals surface area contributed by atoms with Gasteiger partial charge in [0, 0.05) is 5.56 Å². The number of hydrogen-bond acceptors (Lipinski definition) is 4. The lowest BCUT2D eigenvalue weighted by molar-refractivity contribution is -0.104. The van der Waals surface area contributed by atoms with Gasteiger partial charge in [0.05, 0.1) is 14.2 Å². The highest BCUT2D eigenvalue weighted by atomic mass is 19.3. The lowest BCUT2D eigenvalue weighted by Gasteiger charge is -2.32. The Morgan fingerprint density at radius 3 is 2.74 bits per heavy atom. The Bertz CT molecular complexity index is 493. The van der Waals surface area contributed by atoms with Gasteiger partial charge in [0.25, 0.3) is 0 Å². The van der Waals surface area contributed by atoms with E-state index in [1.807, 2.05) is 0 Å². The number of halogens is 2. The highest BCUT2D eigenvalue weighted by molar-refractivity contribution is 5.70. The molecular formula is C12H13F2NO4. The van der Waals surface area contributed by atoms with Gasteiger partial charge in [-0.15, -0.1) is 0 Å². The zero-order valence-corrected chi connectivity index (χ0v) is 10.4. The molecule has 7 heteroatoms. The van der Waals surface area contributed by atoms with Gasteiger partial charge in [0.1, 0.15) is 6.04 Å². The third-order valence-corrected chi connectivity index (χ3v) is 2.82. The molecule has 1 N–H and O–H groups in total. The zero-order valence-electron chi connectivity index (χ0n) is 10.4. The van der Waals surface area contributed by atoms with Crippen molar-refractivity contribution in [2.24, 2.45) is 0 Å². The van der Waals surface area contributed by atoms with E-state index in [1.54, 1.807) is 12.1 Å². The third kappa shape index (κ3) is 2.40. The minimum Gasteiger partial charge on any atom is -0.493 e. The van der Waals surface area contributed by atoms with Gasteiger partial charge in [-0.05, 0) is 6.07 Å². The molecule has 0 saturated carbocycles. The quantitative estimate of drug-likeness (QED) is 0.916. The standard InChI is InChI=1S/C12H13F2NO4/c1-17-8-5-3-4-7(9(8)18-2)10-12(13,14)6-19-11(16)15-10/h3-5,10H,6H2,1-2H3,(H,15,16)/t10-/m1/s1. The van der Waals surface area contributed by atoms with Crippen LogP contribution in [0.25, 0.3) is 0 Å². The second-order valence-electron chi connectivity index (χ2n) is 4.00. The summed E-state index contributed by atoms with van der Waals surface area (Å²) in [7, 11) is 2.75. The Hall–Kier alpha value is -2.05. The van der Waals surface area contributed by atoms with Crippen LogP contribution in [0.5, 0.6) is 11.5 Å². The first kappa shape index (κ1) is 13.4. The van der Waals surface area contributed by atoms with Gasteiger partial charge in [-0.3, -0.25) is 0 Å². The highest BCUT2D eigenvalue weighted by Crippen LogP contribution is 2.42. The summed E-state index contributed by atoms with van der Waals surface area (Å²) < 4.78 is 42.1. The van der Waals surface area contributed by atoms with Gasteiger partial charge in [0.2, 0.25) is 0 Å². The summed E-state index contributed by atoms with van der Waals surface area (Å²) in [6, 6.07) is 3.07. The second kappa shape index (κ2) is 4.91. The number of alkyl halides is 2. The summed E-state index contributed by atoms with van der Waals surface area (Å²) in [4.78, 5) is 11.1. The van der Waals surface area contributed by atoms with E-state index in [0.717, 1.165) is 0 Å². The monoisotopic (exact) mass is 273 g/mol. The molecule has 1 aromatic rings. The van der Waals surface area contributed by atoms with Crippen LogP contribution in [-0.2, 0) is 4.74 Å². The fourth-order valence-electron chi connectivity index (χ4n) is 1.95. The summed E-state index contributed by atoms with van der Waals surface area (Å²) >= 11 is 0. The third-order valence-electron chi connectivity index (χ3n) is 2.82. The van der Waals surface area contributed by atoms with Crippen LogP contribution in [0.1, 0.15) is 11.6 Å². The molecule has 0 aromatic heterocycles. The average Bonchev–Trinajstić information content (AvgIpc) is 2.40. The highest BCUT2D eigenvalue weighted by Gasteiger charge is 2.48. The van der Waals surface area contributed by atoms with Crippen molar-refractivity contribution in [3.8, 4) is 11.5 Å². The molecule has 1 atom stereocenters. The Labute approximate surface area is 108 Å². The summed E-state index contributed by atoms with van der Waals surface area (Å²) in [6.07, 6.45) is -0.888. The van der Waals surface area contributed by atoms with Crippen molar-refractivity contribution in [1.29, 1.82) is 0 Å². The van der Waals surface area contributed by atoms with Crippen molar-refractivity contribution in [1.82, 2.24) is 5.32 Å². The number of benzene rings is 1. The van der Waals surface area contributed by atoms with E-state index < -0.39 is 24.7 Å². The molecule has 1 saturated heterocycles. The van der Waals surface area contributed by atoms with Crippen LogP contribution in [0.15, 0.2) is 18.2 Å². The molecule has 1 heterocycles. The number of methoxy groups -OCH3 is 2. The molecule has 19 heavy (non-hydrogen) atoms. The van der Waals surface area contributed by atoms with Crippen molar-refractivity contribution in [2.45, 2.75) is 12.0 Å². The van der Waals surface area contributed by atoms with Crippen LogP contribution in [-0.4, -0.2) is 32.8 Å². The van der Waals surface area contributed by atoms with Crippen LogP contribution in [0.3, 0.4) is 0 Å². The van der Waals surface area contributed by atoms with Crippen molar-refractivity contribution in [3.63, 3.8) is 0 Å². The van der Waals surface area contributed by atoms with Gasteiger partial charge in [-0.1, -0.05) is 12.1 Å². The number of carbonyl (C=O) groups excluding carboxylic acids is 1. The number of carbonyl (C=O) groups is 1. The maximum atomic E-state index is 13.8. The Balaban J connectivity index is 2.47. The van der Waals surface area contributed by atoms with E-state index in [2.05, 4.69) is 10.1 Å². The normalized spacial score (nSPS) is 21.3. The first-order valence-corrected chi connectivity index (χ1v) is 5.51. The van der Waals surface area contributed by atoms with Crippen LogP contribution in [0.2, 0.25) is 0 Å². The zero-order chi connectivity index (χ0) is 14.0. The van der Waals surface area contributed by atoms with Crippen molar-refractivity contribution >= 4 is 6.09 Å². The minimum atomic E-state index is -3.23. The van der Waals surface area contributed by atoms with E-state index in [9.17, 15) is 13.6 Å². The number of rotatable bonds is 3. The van der Waals surface area contributed by atoms with Crippen molar-refractivity contribution in [3.05, 3.63) is 23.8 Å². The van der Waals surface area contributed by atoms with Crippen molar-refractivity contribution in [2.75, 3.05) is 20.8 Å². The predicted octanol–water partition coefficient (Wildman–Crippen LogP) is 2.12. The van der Waals surface area contributed by atoms with Gasteiger partial charge in [-0.25, -0.2) is 13.6 Å². The minimum absolute atomic E-state index is 0.142. The first-order valence-electron chi connectivity index (χ1n) is 5.51. The molecule has 1 aliphatic rings. The predicted molar refractivity (Wildman–Crippen MR) is 61.7 cm³/mol. The molecule has 104 valence electrons. The fraction of sp³-hybridized carbons (Fsp3) is 0.417. The first-order chi connectivity index (χ1) is 8.99. The molecule has 1 aliphatic heterocycles. The van der Waals surface area contributed by atoms with E-state index in [-0.39, 0.29) is 11.3 Å². The molecule has 1 amide bonds. The second-order valence-corrected chi connectivity index (χ2v) is 4.00. The van der Waals surface area contributed by atoms with E-state index >= 15 is 0 Å². The van der Waals surface area contributed by atoms with Crippen LogP contribution in [0.4, 0.5) is 13.6 Å². The van der Waals surface area contributed by atoms with E-state index in [4.69, 9.17) is 9.47 Å². The largest absolute Gasteiger partial charge is 0.493 e. The molecule has 0 aliphatic carbocycles. The Morgan fingerprint density at radius 1 is 1.37 bits per heavy atom. The fourth-order valence-corrected chi connectivity index (χ4v) is 1.95. The van der Waals surface area contributed by atoms with Crippen molar-refractivity contribution < 1.29 is 27.8 Å². The Kier molecular flexibility index (Phi) is 3.46. The molecule has 2 rings (SSSR count). The number of alkyl carbamates (subject to hydrolysis) is 1. The molecule has 0 bridgehead atoms. The van der Waals surface area contributed by atoms with Crippen LogP contribution in [0, 0.1) is 0 Å². The van der Waals surface area contributed by atoms with Gasteiger partial charge in [-0.2, -0.15) is 0 Å². The van der Waals surface area contributed by atoms with E-state index in [0.29, 0.717) is 5.75 Å². The number of nitrogens with one attached hydrogen (secondary N) is 1. The average molecular weight is 273 g/mol. The number of cyclic esters (lactones) is 1. The van der Waals surface area contributed by atoms with Crippen LogP contribution >= 0.6 is 0 Å². The maximum Gasteiger partial charge on any atom is 0.408 e. The van der Waals surface area contributed by atoms with Gasteiger partial charge >= 0.3 is 12.0 Å². The molecule has 5 nitrogen and oxygen atoms in total. The summed E-state index contributed by atoms with van der Waals surface area (Å²) in [5, 5.41) is 2.10. The Morgan fingerprint density at radius 2 is 2.11 bits per heavy atom. The number of amides is 1. The lowest BCUT2D eigenvalue weighted by Crippen LogP contribution is -2.49. The summed E-state index contributed by atoms with van der Waals surface area (Å²) in [5.74, 6) is -2.75. The summed E-state index contributed by atoms with van der Waals surface area (Å²) in [5.41, 5.74) is 0.142. The molecular weight excluding hydrogens is 260 g/mol. The topological polar surface area (TPSA) is 56.8 Å². The molecule has 0 unspecified atom stereocenters. The molecule has 0 radical (unpaired) electrons. The number of para-hydroxylation sites is 1. The smallest absolute Gasteiger partial charge is 0.408 e. The molecule has 1 fully saturated rings. The molecule has 1 aromatic carbocycles. The van der Waals surface area contributed by atoms with Gasteiger partial charge < -0.3 is 19.5 Å². The molecule has 0 spiro atoms. The number of hydrogen-bond donors (Lipinski definition) is 1. The van der Waals surface area contributed by atoms with Gasteiger partial charge in [0.15, 0.2) is 18.1 Å². The van der Waals surface area contributed by atoms with E-state index in [1.165, 1.54) is 20.3 Å². The number of ether oxygens (including phenoxy) is 3. The SMILES string of the molecule is COc1cccc([C@H]2NC(=O)OCC2(F)F)c1OC. The van der Waals surface area contributed by atoms with Crippen LogP contribution < -0.4 is 14.8 Å². The lowest BCUT2D eigenvalue weighted by atomic mass is 9.98. The summed E-state index contributed by atoms with van der Waals surface area (Å²) in [6.45, 7) is -0.968. The maximum absolute atomic E-state index is 13.8.